The van der Waals surface area contributed by atoms with Crippen molar-refractivity contribution in [1.82, 2.24) is 4.31 Å². The molecular formula is C25H26N2O5S. The van der Waals surface area contributed by atoms with Gasteiger partial charge in [0.25, 0.3) is 5.91 Å². The maximum Gasteiger partial charge on any atom is 0.262 e. The number of nitrogens with one attached hydrogen (secondary N) is 1. The smallest absolute Gasteiger partial charge is 0.262 e. The highest BCUT2D eigenvalue weighted by atomic mass is 32.2. The number of carbonyl (C=O) groups excluding carboxylic acids is 1. The Labute approximate surface area is 194 Å². The molecule has 172 valence electrons. The molecule has 7 nitrogen and oxygen atoms in total. The minimum Gasteiger partial charge on any atom is -0.484 e. The lowest BCUT2D eigenvalue weighted by Gasteiger charge is -2.25. The molecule has 0 aliphatic carbocycles. The van der Waals surface area contributed by atoms with Crippen LogP contribution in [-0.2, 0) is 14.8 Å². The summed E-state index contributed by atoms with van der Waals surface area (Å²) in [5, 5.41) is 2.76. The Morgan fingerprint density at radius 2 is 1.39 bits per heavy atom. The zero-order valence-electron chi connectivity index (χ0n) is 18.1. The van der Waals surface area contributed by atoms with E-state index in [0.717, 1.165) is 25.0 Å². The molecule has 0 unspecified atom stereocenters. The van der Waals surface area contributed by atoms with Crippen molar-refractivity contribution in [1.29, 1.82) is 0 Å². The van der Waals surface area contributed by atoms with Crippen LogP contribution in [0.5, 0.6) is 17.2 Å². The lowest BCUT2D eigenvalue weighted by Crippen LogP contribution is -2.35. The molecule has 33 heavy (non-hydrogen) atoms. The van der Waals surface area contributed by atoms with Crippen LogP contribution in [0.4, 0.5) is 5.69 Å². The number of carbonyl (C=O) groups is 1. The Kier molecular flexibility index (Phi) is 7.26. The van der Waals surface area contributed by atoms with E-state index in [9.17, 15) is 13.2 Å². The second-order valence-corrected chi connectivity index (χ2v) is 9.65. The summed E-state index contributed by atoms with van der Waals surface area (Å²) >= 11 is 0. The second kappa shape index (κ2) is 10.5. The summed E-state index contributed by atoms with van der Waals surface area (Å²) < 4.78 is 38.2. The number of hydrogen-bond acceptors (Lipinski definition) is 5. The number of hydrogen-bond donors (Lipinski definition) is 1. The van der Waals surface area contributed by atoms with Crippen molar-refractivity contribution in [2.75, 3.05) is 25.0 Å². The van der Waals surface area contributed by atoms with Crippen LogP contribution in [0.15, 0.2) is 83.8 Å². The summed E-state index contributed by atoms with van der Waals surface area (Å²) in [5.41, 5.74) is 0.618. The van der Waals surface area contributed by atoms with Crippen LogP contribution in [0.25, 0.3) is 0 Å². The van der Waals surface area contributed by atoms with Gasteiger partial charge in [-0.2, -0.15) is 4.31 Å². The third-order valence-electron chi connectivity index (χ3n) is 5.26. The van der Waals surface area contributed by atoms with Crippen molar-refractivity contribution < 1.29 is 22.7 Å². The Balaban J connectivity index is 1.27. The highest BCUT2D eigenvalue weighted by molar-refractivity contribution is 7.89. The molecule has 0 atom stereocenters. The van der Waals surface area contributed by atoms with Gasteiger partial charge in [0.05, 0.1) is 4.90 Å². The Morgan fingerprint density at radius 1 is 0.788 bits per heavy atom. The molecule has 1 fully saturated rings. The van der Waals surface area contributed by atoms with E-state index in [-0.39, 0.29) is 17.4 Å². The fraction of sp³-hybridized carbons (Fsp3) is 0.240. The minimum absolute atomic E-state index is 0.194. The maximum absolute atomic E-state index is 12.7. The average molecular weight is 467 g/mol. The number of benzene rings is 3. The van der Waals surface area contributed by atoms with Crippen LogP contribution < -0.4 is 14.8 Å². The number of piperidine rings is 1. The van der Waals surface area contributed by atoms with E-state index < -0.39 is 10.0 Å². The quantitative estimate of drug-likeness (QED) is 0.521. The summed E-state index contributed by atoms with van der Waals surface area (Å²) in [7, 11) is -3.49. The molecule has 1 amide bonds. The number of amides is 1. The van der Waals surface area contributed by atoms with Crippen LogP contribution in [0.3, 0.4) is 0 Å². The molecular weight excluding hydrogens is 440 g/mol. The van der Waals surface area contributed by atoms with Gasteiger partial charge in [-0.1, -0.05) is 24.6 Å². The molecule has 3 aromatic carbocycles. The van der Waals surface area contributed by atoms with Gasteiger partial charge in [0.2, 0.25) is 10.0 Å². The van der Waals surface area contributed by atoms with Gasteiger partial charge in [0, 0.05) is 18.8 Å². The van der Waals surface area contributed by atoms with E-state index in [1.807, 2.05) is 30.3 Å². The van der Waals surface area contributed by atoms with Crippen molar-refractivity contribution in [2.45, 2.75) is 24.2 Å². The zero-order valence-corrected chi connectivity index (χ0v) is 19.0. The van der Waals surface area contributed by atoms with Crippen molar-refractivity contribution in [3.05, 3.63) is 78.9 Å². The van der Waals surface area contributed by atoms with E-state index in [2.05, 4.69) is 5.32 Å². The van der Waals surface area contributed by atoms with Gasteiger partial charge < -0.3 is 14.8 Å². The first-order chi connectivity index (χ1) is 16.0. The van der Waals surface area contributed by atoms with E-state index in [1.54, 1.807) is 36.4 Å². The number of sulfonamides is 1. The van der Waals surface area contributed by atoms with E-state index in [0.29, 0.717) is 30.3 Å². The van der Waals surface area contributed by atoms with Gasteiger partial charge in [-0.25, -0.2) is 8.42 Å². The topological polar surface area (TPSA) is 84.9 Å². The first kappa shape index (κ1) is 22.8. The van der Waals surface area contributed by atoms with E-state index in [4.69, 9.17) is 9.47 Å². The fourth-order valence-corrected chi connectivity index (χ4v) is 5.06. The highest BCUT2D eigenvalue weighted by Crippen LogP contribution is 2.24. The van der Waals surface area contributed by atoms with Crippen LogP contribution in [0.2, 0.25) is 0 Å². The zero-order chi connectivity index (χ0) is 23.1. The Hall–Kier alpha value is -3.36. The van der Waals surface area contributed by atoms with Crippen molar-refractivity contribution >= 4 is 21.6 Å². The lowest BCUT2D eigenvalue weighted by atomic mass is 10.2. The predicted octanol–water partition coefficient (Wildman–Crippen LogP) is 4.67. The van der Waals surface area contributed by atoms with Gasteiger partial charge in [0.1, 0.15) is 17.2 Å². The molecule has 1 N–H and O–H groups in total. The SMILES string of the molecule is O=C(COc1ccc(S(=O)(=O)N2CCCCC2)cc1)Nc1ccc(Oc2ccccc2)cc1. The van der Waals surface area contributed by atoms with Crippen molar-refractivity contribution in [3.8, 4) is 17.2 Å². The molecule has 1 heterocycles. The molecule has 8 heteroatoms. The van der Waals surface area contributed by atoms with Crippen LogP contribution >= 0.6 is 0 Å². The third kappa shape index (κ3) is 6.12. The number of rotatable bonds is 8. The minimum atomic E-state index is -3.49. The third-order valence-corrected chi connectivity index (χ3v) is 7.18. The Bertz CT molecular complexity index is 1160. The lowest BCUT2D eigenvalue weighted by molar-refractivity contribution is -0.118. The summed E-state index contributed by atoms with van der Waals surface area (Å²) in [6.45, 7) is 0.917. The first-order valence-electron chi connectivity index (χ1n) is 10.9. The molecule has 3 aromatic rings. The van der Waals surface area contributed by atoms with Crippen molar-refractivity contribution in [2.24, 2.45) is 0 Å². The monoisotopic (exact) mass is 466 g/mol. The molecule has 0 spiro atoms. The van der Waals surface area contributed by atoms with E-state index in [1.165, 1.54) is 16.4 Å². The normalized spacial score (nSPS) is 14.4. The fourth-order valence-electron chi connectivity index (χ4n) is 3.54. The largest absolute Gasteiger partial charge is 0.484 e. The van der Waals surface area contributed by atoms with Crippen LogP contribution in [0.1, 0.15) is 19.3 Å². The molecule has 0 saturated carbocycles. The van der Waals surface area contributed by atoms with Crippen LogP contribution in [-0.4, -0.2) is 38.3 Å². The molecule has 0 radical (unpaired) electrons. The molecule has 1 aliphatic rings. The molecule has 1 aliphatic heterocycles. The molecule has 0 aromatic heterocycles. The number of para-hydroxylation sites is 1. The first-order valence-corrected chi connectivity index (χ1v) is 12.3. The van der Waals surface area contributed by atoms with Gasteiger partial charge >= 0.3 is 0 Å². The van der Waals surface area contributed by atoms with E-state index >= 15 is 0 Å². The second-order valence-electron chi connectivity index (χ2n) is 7.71. The van der Waals surface area contributed by atoms with Gasteiger partial charge in [-0.05, 0) is 73.5 Å². The van der Waals surface area contributed by atoms with Crippen LogP contribution in [0, 0.1) is 0 Å². The van der Waals surface area contributed by atoms with Gasteiger partial charge in [-0.3, -0.25) is 4.79 Å². The number of ether oxygens (including phenoxy) is 2. The standard InChI is InChI=1S/C25H26N2O5S/c28-25(26-20-9-11-23(12-10-20)32-22-7-3-1-4-8-22)19-31-21-13-15-24(16-14-21)33(29,30)27-17-5-2-6-18-27/h1,3-4,7-16H,2,5-6,17-19H2,(H,26,28). The summed E-state index contributed by atoms with van der Waals surface area (Å²) in [5.74, 6) is 1.50. The van der Waals surface area contributed by atoms with Gasteiger partial charge in [0.15, 0.2) is 6.61 Å². The number of nitrogens with zero attached hydrogens (tertiary/aromatic N) is 1. The number of anilines is 1. The summed E-state index contributed by atoms with van der Waals surface area (Å²) in [6.07, 6.45) is 2.84. The summed E-state index contributed by atoms with van der Waals surface area (Å²) in [6, 6.07) is 22.6. The molecule has 0 bridgehead atoms. The Morgan fingerprint density at radius 3 is 2.06 bits per heavy atom. The average Bonchev–Trinajstić information content (AvgIpc) is 2.85. The predicted molar refractivity (Wildman–Crippen MR) is 126 cm³/mol. The highest BCUT2D eigenvalue weighted by Gasteiger charge is 2.25. The molecule has 1 saturated heterocycles. The summed E-state index contributed by atoms with van der Waals surface area (Å²) in [4.78, 5) is 12.5. The molecule has 4 rings (SSSR count). The maximum atomic E-state index is 12.7. The van der Waals surface area contributed by atoms with Crippen molar-refractivity contribution in [3.63, 3.8) is 0 Å². The van der Waals surface area contributed by atoms with Gasteiger partial charge in [-0.15, -0.1) is 0 Å².